The number of nitrogens with one attached hydrogen (secondary N) is 1. The summed E-state index contributed by atoms with van der Waals surface area (Å²) in [6, 6.07) is 16.1. The number of imide groups is 1. The average Bonchev–Trinajstić information content (AvgIpc) is 3.58. The minimum absolute atomic E-state index is 0.110. The average molecular weight is 540 g/mol. The maximum Gasteiger partial charge on any atom is 0.255 e. The molecule has 2 unspecified atom stereocenters. The Labute approximate surface area is 233 Å². The molecule has 3 aliphatic heterocycles. The van der Waals surface area contributed by atoms with E-state index in [-0.39, 0.29) is 30.2 Å². The van der Waals surface area contributed by atoms with E-state index >= 15 is 0 Å². The molecule has 9 nitrogen and oxygen atoms in total. The third-order valence-electron chi connectivity index (χ3n) is 8.96. The number of rotatable bonds is 6. The van der Waals surface area contributed by atoms with Gasteiger partial charge in [-0.1, -0.05) is 18.6 Å². The van der Waals surface area contributed by atoms with Gasteiger partial charge in [0.1, 0.15) is 17.9 Å². The molecule has 3 atom stereocenters. The minimum Gasteiger partial charge on any atom is -0.489 e. The van der Waals surface area contributed by atoms with Crippen LogP contribution in [-0.2, 0) is 16.1 Å². The van der Waals surface area contributed by atoms with Crippen molar-refractivity contribution >= 4 is 17.7 Å². The zero-order chi connectivity index (χ0) is 27.2. The first-order valence-corrected chi connectivity index (χ1v) is 14.3. The molecule has 9 heteroatoms. The summed E-state index contributed by atoms with van der Waals surface area (Å²) in [6.45, 7) is 2.43. The summed E-state index contributed by atoms with van der Waals surface area (Å²) in [5.41, 5.74) is 3.93. The summed E-state index contributed by atoms with van der Waals surface area (Å²) >= 11 is 0. The Kier molecular flexibility index (Phi) is 6.38. The number of carbonyl (C=O) groups excluding carboxylic acids is 3. The van der Waals surface area contributed by atoms with Crippen molar-refractivity contribution in [3.63, 3.8) is 0 Å². The molecular weight excluding hydrogens is 506 g/mol. The number of hydrogen-bond donors (Lipinski definition) is 1. The second kappa shape index (κ2) is 10.2. The summed E-state index contributed by atoms with van der Waals surface area (Å²) < 4.78 is 8.47. The topological polar surface area (TPSA) is 96.8 Å². The van der Waals surface area contributed by atoms with Crippen LogP contribution in [0.4, 0.5) is 0 Å². The first kappa shape index (κ1) is 25.0. The molecule has 1 saturated carbocycles. The van der Waals surface area contributed by atoms with E-state index in [9.17, 15) is 14.4 Å². The maximum atomic E-state index is 13.0. The lowest BCUT2D eigenvalue weighted by molar-refractivity contribution is -0.136. The largest absolute Gasteiger partial charge is 0.489 e. The molecule has 4 heterocycles. The zero-order valence-electron chi connectivity index (χ0n) is 22.4. The van der Waals surface area contributed by atoms with Crippen molar-refractivity contribution in [3.8, 4) is 11.4 Å². The fraction of sp³-hybridized carbons (Fsp3) is 0.419. The normalized spacial score (nSPS) is 25.4. The van der Waals surface area contributed by atoms with Crippen LogP contribution in [-0.4, -0.2) is 68.6 Å². The lowest BCUT2D eigenvalue weighted by Crippen LogP contribution is -2.57. The summed E-state index contributed by atoms with van der Waals surface area (Å²) in [6.07, 6.45) is 8.98. The molecule has 1 aromatic heterocycles. The number of piperidine rings is 1. The molecule has 3 aromatic rings. The van der Waals surface area contributed by atoms with Gasteiger partial charge in [-0.2, -0.15) is 5.10 Å². The number of nitrogens with zero attached hydrogens (tertiary/aromatic N) is 4. The van der Waals surface area contributed by atoms with Crippen molar-refractivity contribution in [1.82, 2.24) is 24.9 Å². The number of ether oxygens (including phenoxy) is 1. The lowest BCUT2D eigenvalue weighted by Gasteiger charge is -2.48. The van der Waals surface area contributed by atoms with E-state index < -0.39 is 6.04 Å². The van der Waals surface area contributed by atoms with Gasteiger partial charge >= 0.3 is 0 Å². The molecule has 0 spiro atoms. The van der Waals surface area contributed by atoms with E-state index in [1.54, 1.807) is 11.1 Å². The van der Waals surface area contributed by atoms with Crippen LogP contribution in [0.15, 0.2) is 60.9 Å². The molecule has 2 aromatic carbocycles. The Morgan fingerprint density at radius 3 is 2.55 bits per heavy atom. The van der Waals surface area contributed by atoms with E-state index in [4.69, 9.17) is 4.74 Å². The molecule has 1 aliphatic carbocycles. The van der Waals surface area contributed by atoms with Crippen LogP contribution >= 0.6 is 0 Å². The molecule has 40 heavy (non-hydrogen) atoms. The van der Waals surface area contributed by atoms with Gasteiger partial charge in [0.25, 0.3) is 5.91 Å². The number of likely N-dealkylation sites (tertiary alicyclic amines) is 1. The smallest absolute Gasteiger partial charge is 0.255 e. The van der Waals surface area contributed by atoms with Crippen molar-refractivity contribution in [1.29, 1.82) is 0 Å². The molecule has 7 rings (SSSR count). The Balaban J connectivity index is 0.992. The monoisotopic (exact) mass is 539 g/mol. The van der Waals surface area contributed by atoms with E-state index in [1.165, 1.54) is 12.0 Å². The van der Waals surface area contributed by atoms with Gasteiger partial charge in [-0.15, -0.1) is 0 Å². The zero-order valence-corrected chi connectivity index (χ0v) is 22.4. The third-order valence-corrected chi connectivity index (χ3v) is 8.96. The molecular formula is C31H33N5O4. The first-order chi connectivity index (χ1) is 19.5. The van der Waals surface area contributed by atoms with Gasteiger partial charge in [-0.3, -0.25) is 24.6 Å². The number of amides is 3. The van der Waals surface area contributed by atoms with Crippen LogP contribution in [0.2, 0.25) is 0 Å². The minimum atomic E-state index is -0.606. The highest BCUT2D eigenvalue weighted by Gasteiger charge is 2.41. The van der Waals surface area contributed by atoms with Gasteiger partial charge < -0.3 is 9.64 Å². The number of carbonyl (C=O) groups is 3. The Bertz CT molecular complexity index is 1430. The molecule has 4 aliphatic rings. The van der Waals surface area contributed by atoms with E-state index in [1.807, 2.05) is 35.1 Å². The fourth-order valence-corrected chi connectivity index (χ4v) is 6.75. The van der Waals surface area contributed by atoms with Gasteiger partial charge in [0.05, 0.1) is 5.69 Å². The van der Waals surface area contributed by atoms with Crippen LogP contribution in [0, 0.1) is 0 Å². The van der Waals surface area contributed by atoms with Crippen molar-refractivity contribution in [2.24, 2.45) is 0 Å². The number of aromatic nitrogens is 2. The van der Waals surface area contributed by atoms with Gasteiger partial charge in [-0.05, 0) is 73.2 Å². The maximum absolute atomic E-state index is 13.0. The number of fused-ring (bicyclic) bond motifs is 1. The number of benzene rings is 2. The second-order valence-electron chi connectivity index (χ2n) is 11.4. The summed E-state index contributed by atoms with van der Waals surface area (Å²) in [5.74, 6) is 0.481. The Morgan fingerprint density at radius 1 is 0.950 bits per heavy atom. The Morgan fingerprint density at radius 2 is 1.77 bits per heavy atom. The Hall–Kier alpha value is -3.98. The van der Waals surface area contributed by atoms with Gasteiger partial charge in [0, 0.05) is 56.0 Å². The van der Waals surface area contributed by atoms with Crippen LogP contribution in [0.1, 0.15) is 65.9 Å². The molecule has 0 bridgehead atoms. The summed E-state index contributed by atoms with van der Waals surface area (Å²) in [5, 5.41) is 6.68. The first-order valence-electron chi connectivity index (χ1n) is 14.3. The van der Waals surface area contributed by atoms with Crippen LogP contribution in [0.5, 0.6) is 5.75 Å². The van der Waals surface area contributed by atoms with Gasteiger partial charge in [-0.25, -0.2) is 4.68 Å². The van der Waals surface area contributed by atoms with E-state index in [0.717, 1.165) is 49.4 Å². The van der Waals surface area contributed by atoms with Crippen LogP contribution < -0.4 is 10.1 Å². The lowest BCUT2D eigenvalue weighted by atomic mass is 9.84. The van der Waals surface area contributed by atoms with Gasteiger partial charge in [0.15, 0.2) is 0 Å². The molecule has 0 radical (unpaired) electrons. The molecule has 3 amide bonds. The summed E-state index contributed by atoms with van der Waals surface area (Å²) in [4.78, 5) is 41.1. The van der Waals surface area contributed by atoms with Crippen molar-refractivity contribution in [3.05, 3.63) is 77.6 Å². The SMILES string of the molecule is O=C1CCC(N2Cc3cc(OC4CCCC[C@@H]4N4CC(c5ccc(-n6cccn6)cc5)C4)ccc3C2=O)C(=O)N1. The van der Waals surface area contributed by atoms with Crippen LogP contribution in [0.3, 0.4) is 0 Å². The predicted molar refractivity (Wildman–Crippen MR) is 147 cm³/mol. The second-order valence-corrected chi connectivity index (χ2v) is 11.4. The highest BCUT2D eigenvalue weighted by atomic mass is 16.5. The van der Waals surface area contributed by atoms with Gasteiger partial charge in [0.2, 0.25) is 11.8 Å². The molecule has 2 saturated heterocycles. The van der Waals surface area contributed by atoms with Crippen molar-refractivity contribution < 1.29 is 19.1 Å². The molecule has 3 fully saturated rings. The third kappa shape index (κ3) is 4.58. The van der Waals surface area contributed by atoms with E-state index in [2.05, 4.69) is 39.6 Å². The molecule has 1 N–H and O–H groups in total. The van der Waals surface area contributed by atoms with Crippen molar-refractivity contribution in [2.45, 2.75) is 69.2 Å². The molecule has 206 valence electrons. The standard InChI is InChI=1S/C31H33N5O4/c37-29-13-12-27(30(38)33-29)35-19-21-16-24(10-11-25(21)31(35)39)40-28-5-2-1-4-26(28)34-17-22(18-34)20-6-8-23(9-7-20)36-15-3-14-32-36/h3,6-11,14-16,22,26-28H,1-2,4-5,12-13,17-19H2,(H,33,37,38)/t26-,27?,28?/m0/s1. The van der Waals surface area contributed by atoms with E-state index in [0.29, 0.717) is 30.5 Å². The predicted octanol–water partition coefficient (Wildman–Crippen LogP) is 3.42. The van der Waals surface area contributed by atoms with Crippen molar-refractivity contribution in [2.75, 3.05) is 13.1 Å². The quantitative estimate of drug-likeness (QED) is 0.483. The number of hydrogen-bond acceptors (Lipinski definition) is 6. The highest BCUT2D eigenvalue weighted by Crippen LogP contribution is 2.37. The summed E-state index contributed by atoms with van der Waals surface area (Å²) in [7, 11) is 0. The fourth-order valence-electron chi connectivity index (χ4n) is 6.75. The van der Waals surface area contributed by atoms with Crippen LogP contribution in [0.25, 0.3) is 5.69 Å². The highest BCUT2D eigenvalue weighted by molar-refractivity contribution is 6.05.